The molecule has 0 aliphatic heterocycles. The maximum Gasteiger partial charge on any atom is 0.240 e. The summed E-state index contributed by atoms with van der Waals surface area (Å²) in [5, 5.41) is 12.2. The van der Waals surface area contributed by atoms with E-state index in [2.05, 4.69) is 11.4 Å². The summed E-state index contributed by atoms with van der Waals surface area (Å²) in [5.41, 5.74) is -0.871. The number of rotatable bonds is 9. The fraction of sp³-hybridized carbons (Fsp3) is 0.857. The fourth-order valence-electron chi connectivity index (χ4n) is 2.07. The summed E-state index contributed by atoms with van der Waals surface area (Å²) in [6, 6.07) is 2.17. The lowest BCUT2D eigenvalue weighted by atomic mass is 9.79. The van der Waals surface area contributed by atoms with E-state index >= 15 is 0 Å². The predicted molar refractivity (Wildman–Crippen MR) is 72.0 cm³/mol. The maximum atomic E-state index is 12.3. The zero-order chi connectivity index (χ0) is 14.0. The molecule has 0 heterocycles. The zero-order valence-electron chi connectivity index (χ0n) is 12.1. The second-order valence-electron chi connectivity index (χ2n) is 4.73. The van der Waals surface area contributed by atoms with Gasteiger partial charge in [0.25, 0.3) is 0 Å². The molecule has 0 saturated heterocycles. The van der Waals surface area contributed by atoms with E-state index < -0.39 is 5.41 Å². The number of amides is 1. The van der Waals surface area contributed by atoms with Crippen LogP contribution in [0.15, 0.2) is 0 Å². The van der Waals surface area contributed by atoms with Crippen LogP contribution in [0.25, 0.3) is 0 Å². The smallest absolute Gasteiger partial charge is 0.240 e. The van der Waals surface area contributed by atoms with Crippen molar-refractivity contribution in [1.82, 2.24) is 5.32 Å². The van der Waals surface area contributed by atoms with Gasteiger partial charge in [0, 0.05) is 12.6 Å². The van der Waals surface area contributed by atoms with Gasteiger partial charge in [0.1, 0.15) is 5.41 Å². The van der Waals surface area contributed by atoms with Gasteiger partial charge >= 0.3 is 0 Å². The molecule has 0 radical (unpaired) electrons. The Labute approximate surface area is 111 Å². The van der Waals surface area contributed by atoms with E-state index in [4.69, 9.17) is 4.74 Å². The largest absolute Gasteiger partial charge is 0.380 e. The standard InChI is InChI=1S/C14H26N2O2/c1-5-8-14(11-15,9-6-2)13(17)16-12(4)10-18-7-3/h12H,5-10H2,1-4H3,(H,16,17). The summed E-state index contributed by atoms with van der Waals surface area (Å²) in [7, 11) is 0. The van der Waals surface area contributed by atoms with Crippen molar-refractivity contribution in [1.29, 1.82) is 5.26 Å². The minimum Gasteiger partial charge on any atom is -0.380 e. The van der Waals surface area contributed by atoms with Crippen molar-refractivity contribution in [2.75, 3.05) is 13.2 Å². The lowest BCUT2D eigenvalue weighted by molar-refractivity contribution is -0.130. The SMILES string of the molecule is CCCC(C#N)(CCC)C(=O)NC(C)COCC. The fourth-order valence-corrected chi connectivity index (χ4v) is 2.07. The lowest BCUT2D eigenvalue weighted by Crippen LogP contribution is -2.45. The van der Waals surface area contributed by atoms with Crippen molar-refractivity contribution in [3.05, 3.63) is 0 Å². The zero-order valence-corrected chi connectivity index (χ0v) is 12.1. The van der Waals surface area contributed by atoms with Crippen LogP contribution >= 0.6 is 0 Å². The number of nitrogens with zero attached hydrogens (tertiary/aromatic N) is 1. The van der Waals surface area contributed by atoms with Crippen LogP contribution < -0.4 is 5.32 Å². The van der Waals surface area contributed by atoms with E-state index in [0.717, 1.165) is 12.8 Å². The number of hydrogen-bond acceptors (Lipinski definition) is 3. The highest BCUT2D eigenvalue weighted by Crippen LogP contribution is 2.29. The van der Waals surface area contributed by atoms with E-state index in [9.17, 15) is 10.1 Å². The Kier molecular flexibility index (Phi) is 8.40. The molecule has 0 saturated carbocycles. The summed E-state index contributed by atoms with van der Waals surface area (Å²) >= 11 is 0. The molecule has 0 aromatic heterocycles. The Hall–Kier alpha value is -1.08. The molecule has 1 unspecified atom stereocenters. The monoisotopic (exact) mass is 254 g/mol. The molecule has 0 spiro atoms. The second-order valence-corrected chi connectivity index (χ2v) is 4.73. The van der Waals surface area contributed by atoms with E-state index in [1.807, 2.05) is 27.7 Å². The average molecular weight is 254 g/mol. The molecule has 1 atom stereocenters. The molecule has 0 fully saturated rings. The van der Waals surface area contributed by atoms with Crippen LogP contribution in [0.1, 0.15) is 53.4 Å². The van der Waals surface area contributed by atoms with Gasteiger partial charge in [-0.1, -0.05) is 26.7 Å². The van der Waals surface area contributed by atoms with Crippen LogP contribution in [0, 0.1) is 16.7 Å². The molecular formula is C14H26N2O2. The third-order valence-corrected chi connectivity index (χ3v) is 2.95. The second kappa shape index (κ2) is 8.93. The van der Waals surface area contributed by atoms with E-state index in [1.165, 1.54) is 0 Å². The molecular weight excluding hydrogens is 228 g/mol. The molecule has 0 rings (SSSR count). The van der Waals surface area contributed by atoms with Gasteiger partial charge in [-0.15, -0.1) is 0 Å². The first-order chi connectivity index (χ1) is 8.56. The molecule has 0 aromatic rings. The summed E-state index contributed by atoms with van der Waals surface area (Å²) in [4.78, 5) is 12.3. The topological polar surface area (TPSA) is 62.1 Å². The molecule has 0 bridgehead atoms. The molecule has 0 aromatic carbocycles. The van der Waals surface area contributed by atoms with Crippen LogP contribution in [0.3, 0.4) is 0 Å². The molecule has 0 aliphatic carbocycles. The Morgan fingerprint density at radius 3 is 2.28 bits per heavy atom. The van der Waals surface area contributed by atoms with Gasteiger partial charge in [0.05, 0.1) is 12.7 Å². The molecule has 0 aliphatic rings. The van der Waals surface area contributed by atoms with Crippen molar-refractivity contribution in [3.63, 3.8) is 0 Å². The minimum atomic E-state index is -0.871. The number of ether oxygens (including phenoxy) is 1. The lowest BCUT2D eigenvalue weighted by Gasteiger charge is -2.26. The van der Waals surface area contributed by atoms with E-state index in [0.29, 0.717) is 26.1 Å². The van der Waals surface area contributed by atoms with E-state index in [1.54, 1.807) is 0 Å². The number of carbonyl (C=O) groups is 1. The quantitative estimate of drug-likeness (QED) is 0.688. The van der Waals surface area contributed by atoms with Crippen LogP contribution in [-0.2, 0) is 9.53 Å². The van der Waals surface area contributed by atoms with Gasteiger partial charge in [-0.05, 0) is 26.7 Å². The number of nitrogens with one attached hydrogen (secondary N) is 1. The van der Waals surface area contributed by atoms with E-state index in [-0.39, 0.29) is 11.9 Å². The number of hydrogen-bond donors (Lipinski definition) is 1. The summed E-state index contributed by atoms with van der Waals surface area (Å²) < 4.78 is 5.26. The van der Waals surface area contributed by atoms with Gasteiger partial charge in [-0.25, -0.2) is 0 Å². The molecule has 1 N–H and O–H groups in total. The normalized spacial score (nSPS) is 12.8. The highest BCUT2D eigenvalue weighted by Gasteiger charge is 2.37. The molecule has 1 amide bonds. The van der Waals surface area contributed by atoms with Gasteiger partial charge < -0.3 is 10.1 Å². The summed E-state index contributed by atoms with van der Waals surface area (Å²) in [5.74, 6) is -0.152. The minimum absolute atomic E-state index is 0.0566. The Morgan fingerprint density at radius 1 is 1.33 bits per heavy atom. The van der Waals surface area contributed by atoms with Crippen LogP contribution in [0.2, 0.25) is 0 Å². The van der Waals surface area contributed by atoms with Crippen LogP contribution in [0.4, 0.5) is 0 Å². The molecule has 104 valence electrons. The average Bonchev–Trinajstić information content (AvgIpc) is 2.35. The molecule has 18 heavy (non-hydrogen) atoms. The number of nitriles is 1. The first-order valence-electron chi connectivity index (χ1n) is 6.86. The van der Waals surface area contributed by atoms with Crippen molar-refractivity contribution < 1.29 is 9.53 Å². The van der Waals surface area contributed by atoms with Crippen molar-refractivity contribution in [3.8, 4) is 6.07 Å². The predicted octanol–water partition coefficient (Wildman–Crippen LogP) is 2.64. The highest BCUT2D eigenvalue weighted by atomic mass is 16.5. The first kappa shape index (κ1) is 16.9. The van der Waals surface area contributed by atoms with Crippen LogP contribution in [-0.4, -0.2) is 25.2 Å². The van der Waals surface area contributed by atoms with Gasteiger partial charge in [0.2, 0.25) is 5.91 Å². The van der Waals surface area contributed by atoms with Crippen molar-refractivity contribution in [2.45, 2.75) is 59.4 Å². The Bertz CT molecular complexity index is 278. The summed E-state index contributed by atoms with van der Waals surface area (Å²) in [6.07, 6.45) is 2.90. The van der Waals surface area contributed by atoms with Gasteiger partial charge in [0.15, 0.2) is 0 Å². The van der Waals surface area contributed by atoms with Gasteiger partial charge in [-0.2, -0.15) is 5.26 Å². The van der Waals surface area contributed by atoms with Crippen LogP contribution in [0.5, 0.6) is 0 Å². The number of carbonyl (C=O) groups excluding carboxylic acids is 1. The third kappa shape index (κ3) is 5.05. The molecule has 4 heteroatoms. The van der Waals surface area contributed by atoms with Crippen molar-refractivity contribution in [2.24, 2.45) is 5.41 Å². The highest BCUT2D eigenvalue weighted by molar-refractivity contribution is 5.85. The Balaban J connectivity index is 4.60. The maximum absolute atomic E-state index is 12.3. The summed E-state index contributed by atoms with van der Waals surface area (Å²) in [6.45, 7) is 8.93. The first-order valence-corrected chi connectivity index (χ1v) is 6.86. The Morgan fingerprint density at radius 2 is 1.89 bits per heavy atom. The molecule has 4 nitrogen and oxygen atoms in total. The third-order valence-electron chi connectivity index (χ3n) is 2.95. The van der Waals surface area contributed by atoms with Gasteiger partial charge in [-0.3, -0.25) is 4.79 Å². The van der Waals surface area contributed by atoms with Crippen molar-refractivity contribution >= 4 is 5.91 Å².